The fraction of sp³-hybridized carbons (Fsp3) is 0.296. The van der Waals surface area contributed by atoms with E-state index in [4.69, 9.17) is 5.21 Å². The van der Waals surface area contributed by atoms with E-state index in [1.54, 1.807) is 16.6 Å². The van der Waals surface area contributed by atoms with Crippen LogP contribution >= 0.6 is 0 Å². The lowest BCUT2D eigenvalue weighted by atomic mass is 10.1. The Hall–Kier alpha value is -3.71. The van der Waals surface area contributed by atoms with E-state index >= 15 is 0 Å². The molecule has 2 amide bonds. The summed E-state index contributed by atoms with van der Waals surface area (Å²) in [6.07, 6.45) is 5.49. The largest absolute Gasteiger partial charge is 0.342 e. The van der Waals surface area contributed by atoms with Gasteiger partial charge in [0.2, 0.25) is 5.91 Å². The van der Waals surface area contributed by atoms with Gasteiger partial charge in [-0.05, 0) is 67.8 Å². The van der Waals surface area contributed by atoms with Gasteiger partial charge in [0.1, 0.15) is 5.82 Å². The van der Waals surface area contributed by atoms with Crippen molar-refractivity contribution < 1.29 is 14.8 Å². The third-order valence-corrected chi connectivity index (χ3v) is 5.70. The van der Waals surface area contributed by atoms with Crippen LogP contribution in [0, 0.1) is 6.92 Å². The van der Waals surface area contributed by atoms with Crippen molar-refractivity contribution in [2.45, 2.75) is 39.0 Å². The summed E-state index contributed by atoms with van der Waals surface area (Å²) in [4.78, 5) is 32.3. The summed E-state index contributed by atoms with van der Waals surface area (Å²) < 4.78 is 0. The molecule has 1 aromatic heterocycles. The molecule has 0 saturated carbocycles. The summed E-state index contributed by atoms with van der Waals surface area (Å²) in [6.45, 7) is 2.68. The summed E-state index contributed by atoms with van der Waals surface area (Å²) in [5.74, 6) is 0.465. The van der Waals surface area contributed by atoms with Crippen LogP contribution in [0.25, 0.3) is 0 Å². The number of rotatable bonds is 11. The Morgan fingerprint density at radius 1 is 0.882 bits per heavy atom. The van der Waals surface area contributed by atoms with Crippen molar-refractivity contribution in [3.8, 4) is 0 Å². The minimum atomic E-state index is -0.361. The van der Waals surface area contributed by atoms with Crippen LogP contribution in [-0.2, 0) is 4.79 Å². The molecule has 7 nitrogen and oxygen atoms in total. The van der Waals surface area contributed by atoms with Gasteiger partial charge in [-0.1, -0.05) is 37.1 Å². The molecule has 0 spiro atoms. The summed E-state index contributed by atoms with van der Waals surface area (Å²) in [5, 5.41) is 8.51. The first-order valence-corrected chi connectivity index (χ1v) is 11.6. The van der Waals surface area contributed by atoms with Crippen LogP contribution in [0.5, 0.6) is 0 Å². The number of anilines is 3. The number of carbonyl (C=O) groups excluding carboxylic acids is 2. The predicted molar refractivity (Wildman–Crippen MR) is 134 cm³/mol. The number of nitrogens with one attached hydrogen (secondary N) is 1. The van der Waals surface area contributed by atoms with Crippen molar-refractivity contribution in [3.05, 3.63) is 84.1 Å². The SMILES string of the molecule is Cc1cccnc1N(c1ccccc1)c1ccc(C(=O)N(C)CCCCCCC(=O)NO)cc1. The van der Waals surface area contributed by atoms with Gasteiger partial charge in [-0.3, -0.25) is 19.7 Å². The maximum Gasteiger partial charge on any atom is 0.253 e. The van der Waals surface area contributed by atoms with Gasteiger partial charge < -0.3 is 4.90 Å². The minimum Gasteiger partial charge on any atom is -0.342 e. The van der Waals surface area contributed by atoms with Crippen molar-refractivity contribution in [3.63, 3.8) is 0 Å². The lowest BCUT2D eigenvalue weighted by molar-refractivity contribution is -0.129. The van der Waals surface area contributed by atoms with Crippen LogP contribution in [0.4, 0.5) is 17.2 Å². The number of unbranched alkanes of at least 4 members (excludes halogenated alkanes) is 3. The number of hydrogen-bond acceptors (Lipinski definition) is 5. The summed E-state index contributed by atoms with van der Waals surface area (Å²) in [7, 11) is 1.81. The molecular formula is C27H32N4O3. The van der Waals surface area contributed by atoms with E-state index in [1.165, 1.54) is 0 Å². The minimum absolute atomic E-state index is 0.0218. The van der Waals surface area contributed by atoms with Gasteiger partial charge >= 0.3 is 0 Å². The zero-order valence-electron chi connectivity index (χ0n) is 19.8. The monoisotopic (exact) mass is 460 g/mol. The van der Waals surface area contributed by atoms with Crippen LogP contribution in [0.15, 0.2) is 72.9 Å². The fourth-order valence-corrected chi connectivity index (χ4v) is 3.80. The van der Waals surface area contributed by atoms with Crippen LogP contribution in [0.3, 0.4) is 0 Å². The highest BCUT2D eigenvalue weighted by Crippen LogP contribution is 2.34. The summed E-state index contributed by atoms with van der Waals surface area (Å²) >= 11 is 0. The van der Waals surface area contributed by atoms with E-state index < -0.39 is 0 Å². The highest BCUT2D eigenvalue weighted by molar-refractivity contribution is 5.94. The van der Waals surface area contributed by atoms with Crippen molar-refractivity contribution in [1.82, 2.24) is 15.4 Å². The molecule has 0 bridgehead atoms. The van der Waals surface area contributed by atoms with E-state index in [2.05, 4.69) is 9.88 Å². The lowest BCUT2D eigenvalue weighted by Gasteiger charge is -2.26. The number of carbonyl (C=O) groups is 2. The first-order valence-electron chi connectivity index (χ1n) is 11.6. The smallest absolute Gasteiger partial charge is 0.253 e. The Labute approximate surface area is 201 Å². The van der Waals surface area contributed by atoms with Crippen molar-refractivity contribution in [1.29, 1.82) is 0 Å². The molecule has 3 aromatic rings. The number of pyridine rings is 1. The van der Waals surface area contributed by atoms with Gasteiger partial charge in [-0.2, -0.15) is 0 Å². The number of nitrogens with zero attached hydrogens (tertiary/aromatic N) is 3. The average molecular weight is 461 g/mol. The molecule has 0 radical (unpaired) electrons. The molecule has 0 aliphatic rings. The molecule has 0 unspecified atom stereocenters. The zero-order valence-corrected chi connectivity index (χ0v) is 19.8. The number of amides is 2. The first-order chi connectivity index (χ1) is 16.5. The van der Waals surface area contributed by atoms with Gasteiger partial charge in [-0.15, -0.1) is 0 Å². The average Bonchev–Trinajstić information content (AvgIpc) is 2.87. The molecule has 0 saturated heterocycles. The van der Waals surface area contributed by atoms with Gasteiger partial charge in [0.05, 0.1) is 0 Å². The topological polar surface area (TPSA) is 85.8 Å². The van der Waals surface area contributed by atoms with Crippen LogP contribution < -0.4 is 10.4 Å². The number of benzene rings is 2. The second-order valence-corrected chi connectivity index (χ2v) is 8.29. The van der Waals surface area contributed by atoms with Gasteiger partial charge in [-0.25, -0.2) is 10.5 Å². The van der Waals surface area contributed by atoms with E-state index in [0.29, 0.717) is 18.5 Å². The molecule has 2 aromatic carbocycles. The second kappa shape index (κ2) is 12.5. The molecular weight excluding hydrogens is 428 g/mol. The quantitative estimate of drug-likeness (QED) is 0.228. The summed E-state index contributed by atoms with van der Waals surface area (Å²) in [5.41, 5.74) is 5.26. The Bertz CT molecular complexity index is 1070. The third-order valence-electron chi connectivity index (χ3n) is 5.70. The lowest BCUT2D eigenvalue weighted by Crippen LogP contribution is -2.27. The molecule has 3 rings (SSSR count). The number of para-hydroxylation sites is 1. The fourth-order valence-electron chi connectivity index (χ4n) is 3.80. The van der Waals surface area contributed by atoms with E-state index in [1.807, 2.05) is 80.7 Å². The molecule has 1 heterocycles. The van der Waals surface area contributed by atoms with Crippen LogP contribution in [0.1, 0.15) is 48.0 Å². The number of aromatic nitrogens is 1. The molecule has 178 valence electrons. The Balaban J connectivity index is 1.65. The third kappa shape index (κ3) is 6.65. The molecule has 7 heteroatoms. The first kappa shape index (κ1) is 24.9. The predicted octanol–water partition coefficient (Wildman–Crippen LogP) is 5.39. The number of hydroxylamine groups is 1. The molecule has 0 atom stereocenters. The van der Waals surface area contributed by atoms with E-state index in [-0.39, 0.29) is 11.8 Å². The summed E-state index contributed by atoms with van der Waals surface area (Å²) in [6, 6.07) is 21.6. The maximum absolute atomic E-state index is 12.9. The van der Waals surface area contributed by atoms with Crippen LogP contribution in [-0.4, -0.2) is 40.5 Å². The molecule has 0 aliphatic carbocycles. The van der Waals surface area contributed by atoms with Gasteiger partial charge in [0.15, 0.2) is 0 Å². The van der Waals surface area contributed by atoms with Gasteiger partial charge in [0, 0.05) is 43.1 Å². The second-order valence-electron chi connectivity index (χ2n) is 8.29. The molecule has 34 heavy (non-hydrogen) atoms. The van der Waals surface area contributed by atoms with Crippen LogP contribution in [0.2, 0.25) is 0 Å². The van der Waals surface area contributed by atoms with Gasteiger partial charge in [0.25, 0.3) is 5.91 Å². The molecule has 2 N–H and O–H groups in total. The molecule has 0 fully saturated rings. The molecule has 0 aliphatic heterocycles. The highest BCUT2D eigenvalue weighted by atomic mass is 16.5. The van der Waals surface area contributed by atoms with Crippen molar-refractivity contribution in [2.24, 2.45) is 0 Å². The Kier molecular flexibility index (Phi) is 9.17. The Morgan fingerprint density at radius 3 is 2.24 bits per heavy atom. The van der Waals surface area contributed by atoms with Crippen molar-refractivity contribution >= 4 is 29.0 Å². The highest BCUT2D eigenvalue weighted by Gasteiger charge is 2.17. The Morgan fingerprint density at radius 2 is 1.56 bits per heavy atom. The standard InChI is InChI=1S/C27H32N4O3/c1-21-11-10-19-28-26(21)31(23-12-6-5-7-13-23)24-17-15-22(16-18-24)27(33)30(2)20-9-4-3-8-14-25(32)29-34/h5-7,10-13,15-19,34H,3-4,8-9,14,20H2,1-2H3,(H,29,32). The van der Waals surface area contributed by atoms with E-state index in [9.17, 15) is 9.59 Å². The number of aryl methyl sites for hydroxylation is 1. The zero-order chi connectivity index (χ0) is 24.3. The van der Waals surface area contributed by atoms with Crippen molar-refractivity contribution in [2.75, 3.05) is 18.5 Å². The normalized spacial score (nSPS) is 10.6. The number of hydrogen-bond donors (Lipinski definition) is 2. The maximum atomic E-state index is 12.9. The van der Waals surface area contributed by atoms with E-state index in [0.717, 1.165) is 48.4 Å².